The maximum Gasteiger partial charge on any atom is 0.251 e. The second-order valence-electron chi connectivity index (χ2n) is 5.34. The quantitative estimate of drug-likeness (QED) is 0.808. The highest BCUT2D eigenvalue weighted by Crippen LogP contribution is 2.16. The maximum atomic E-state index is 11.9. The molecule has 0 saturated heterocycles. The summed E-state index contributed by atoms with van der Waals surface area (Å²) in [6.07, 6.45) is 0. The predicted molar refractivity (Wildman–Crippen MR) is 85.2 cm³/mol. The Morgan fingerprint density at radius 2 is 1.60 bits per heavy atom. The van der Waals surface area contributed by atoms with Gasteiger partial charge in [0.1, 0.15) is 0 Å². The lowest BCUT2D eigenvalue weighted by Gasteiger charge is -2.14. The van der Waals surface area contributed by atoms with Gasteiger partial charge in [-0.15, -0.1) is 0 Å². The summed E-state index contributed by atoms with van der Waals surface area (Å²) in [6.45, 7) is 7.76. The number of amides is 2. The van der Waals surface area contributed by atoms with Gasteiger partial charge in [0.05, 0.1) is 4.83 Å². The van der Waals surface area contributed by atoms with Crippen molar-refractivity contribution >= 4 is 33.4 Å². The second kappa shape index (κ2) is 7.43. The van der Waals surface area contributed by atoms with Crippen LogP contribution in [-0.2, 0) is 4.79 Å². The third kappa shape index (κ3) is 4.96. The molecule has 0 aromatic heterocycles. The Bertz CT molecular complexity index is 469. The maximum absolute atomic E-state index is 11.9. The molecule has 0 radical (unpaired) electrons. The molecule has 20 heavy (non-hydrogen) atoms. The van der Waals surface area contributed by atoms with E-state index in [1.807, 2.05) is 27.7 Å². The molecule has 0 spiro atoms. The second-order valence-corrected chi connectivity index (χ2v) is 6.33. The highest BCUT2D eigenvalue weighted by Gasteiger charge is 2.18. The largest absolute Gasteiger partial charge is 0.350 e. The Morgan fingerprint density at radius 1 is 1.05 bits per heavy atom. The first-order chi connectivity index (χ1) is 9.31. The lowest BCUT2D eigenvalue weighted by Crippen LogP contribution is -2.30. The summed E-state index contributed by atoms with van der Waals surface area (Å²) in [4.78, 5) is 23.4. The summed E-state index contributed by atoms with van der Waals surface area (Å²) in [6, 6.07) is 6.96. The van der Waals surface area contributed by atoms with Crippen molar-refractivity contribution in [1.82, 2.24) is 5.32 Å². The average molecular weight is 341 g/mol. The summed E-state index contributed by atoms with van der Waals surface area (Å²) in [5, 5.41) is 5.63. The zero-order valence-electron chi connectivity index (χ0n) is 12.2. The van der Waals surface area contributed by atoms with Crippen molar-refractivity contribution < 1.29 is 9.59 Å². The van der Waals surface area contributed by atoms with Crippen LogP contribution in [0.3, 0.4) is 0 Å². The van der Waals surface area contributed by atoms with Crippen LogP contribution in [0.5, 0.6) is 0 Å². The van der Waals surface area contributed by atoms with Crippen LogP contribution in [0, 0.1) is 5.92 Å². The molecule has 1 unspecified atom stereocenters. The number of rotatable bonds is 5. The topological polar surface area (TPSA) is 58.2 Å². The fraction of sp³-hybridized carbons (Fsp3) is 0.467. The van der Waals surface area contributed by atoms with Gasteiger partial charge in [-0.3, -0.25) is 9.59 Å². The summed E-state index contributed by atoms with van der Waals surface area (Å²) in [5.74, 6) is 0.0175. The van der Waals surface area contributed by atoms with Crippen LogP contribution in [0.15, 0.2) is 24.3 Å². The lowest BCUT2D eigenvalue weighted by atomic mass is 10.1. The van der Waals surface area contributed by atoms with Gasteiger partial charge in [-0.25, -0.2) is 0 Å². The van der Waals surface area contributed by atoms with E-state index in [0.717, 1.165) is 0 Å². The standard InChI is InChI=1S/C15H21BrN2O2/c1-9(2)13(16)15(20)18-12-7-5-11(6-8-12)14(19)17-10(3)4/h5-10,13H,1-4H3,(H,17,19)(H,18,20). The highest BCUT2D eigenvalue weighted by molar-refractivity contribution is 9.10. The van der Waals surface area contributed by atoms with Crippen molar-refractivity contribution in [2.75, 3.05) is 5.32 Å². The lowest BCUT2D eigenvalue weighted by molar-refractivity contribution is -0.116. The zero-order valence-corrected chi connectivity index (χ0v) is 13.8. The first kappa shape index (κ1) is 16.7. The van der Waals surface area contributed by atoms with Crippen LogP contribution in [0.2, 0.25) is 0 Å². The van der Waals surface area contributed by atoms with Gasteiger partial charge >= 0.3 is 0 Å². The van der Waals surface area contributed by atoms with E-state index in [1.54, 1.807) is 24.3 Å². The highest BCUT2D eigenvalue weighted by atomic mass is 79.9. The normalized spacial score (nSPS) is 12.3. The van der Waals surface area contributed by atoms with E-state index < -0.39 is 0 Å². The number of nitrogens with one attached hydrogen (secondary N) is 2. The first-order valence-corrected chi connectivity index (χ1v) is 7.58. The number of hydrogen-bond donors (Lipinski definition) is 2. The van der Waals surface area contributed by atoms with Crippen molar-refractivity contribution in [3.8, 4) is 0 Å². The average Bonchev–Trinajstić information content (AvgIpc) is 2.37. The number of halogens is 1. The van der Waals surface area contributed by atoms with Gasteiger partial charge in [-0.05, 0) is 44.0 Å². The summed E-state index contributed by atoms with van der Waals surface area (Å²) in [7, 11) is 0. The Morgan fingerprint density at radius 3 is 2.05 bits per heavy atom. The van der Waals surface area contributed by atoms with E-state index >= 15 is 0 Å². The number of benzene rings is 1. The molecule has 0 heterocycles. The monoisotopic (exact) mass is 340 g/mol. The molecule has 0 aliphatic carbocycles. The molecule has 4 nitrogen and oxygen atoms in total. The molecule has 0 bridgehead atoms. The molecular weight excluding hydrogens is 320 g/mol. The van der Waals surface area contributed by atoms with Crippen LogP contribution in [0.4, 0.5) is 5.69 Å². The SMILES string of the molecule is CC(C)NC(=O)c1ccc(NC(=O)C(Br)C(C)C)cc1. The molecule has 5 heteroatoms. The van der Waals surface area contributed by atoms with Gasteiger partial charge < -0.3 is 10.6 Å². The molecule has 1 aromatic rings. The molecule has 1 atom stereocenters. The number of anilines is 1. The van der Waals surface area contributed by atoms with Crippen molar-refractivity contribution in [2.24, 2.45) is 5.92 Å². The Hall–Kier alpha value is -1.36. The van der Waals surface area contributed by atoms with Crippen LogP contribution in [0.1, 0.15) is 38.1 Å². The van der Waals surface area contributed by atoms with Crippen LogP contribution in [-0.4, -0.2) is 22.7 Å². The van der Waals surface area contributed by atoms with Gasteiger partial charge in [0, 0.05) is 17.3 Å². The van der Waals surface area contributed by atoms with E-state index in [4.69, 9.17) is 0 Å². The zero-order chi connectivity index (χ0) is 15.3. The molecular formula is C15H21BrN2O2. The van der Waals surface area contributed by atoms with Crippen LogP contribution in [0.25, 0.3) is 0 Å². The Balaban J connectivity index is 2.67. The van der Waals surface area contributed by atoms with Gasteiger partial charge in [-0.1, -0.05) is 29.8 Å². The van der Waals surface area contributed by atoms with Crippen LogP contribution < -0.4 is 10.6 Å². The van der Waals surface area contributed by atoms with E-state index in [9.17, 15) is 9.59 Å². The molecule has 1 rings (SSSR count). The smallest absolute Gasteiger partial charge is 0.251 e. The van der Waals surface area contributed by atoms with Crippen molar-refractivity contribution in [1.29, 1.82) is 0 Å². The molecule has 0 aliphatic heterocycles. The molecule has 2 amide bonds. The summed E-state index contributed by atoms with van der Waals surface area (Å²) < 4.78 is 0. The fourth-order valence-electron chi connectivity index (χ4n) is 1.56. The molecule has 110 valence electrons. The summed E-state index contributed by atoms with van der Waals surface area (Å²) in [5.41, 5.74) is 1.26. The Kier molecular flexibility index (Phi) is 6.20. The van der Waals surface area contributed by atoms with Gasteiger partial charge in [0.2, 0.25) is 5.91 Å². The minimum Gasteiger partial charge on any atom is -0.350 e. The molecule has 0 fully saturated rings. The van der Waals surface area contributed by atoms with Crippen molar-refractivity contribution in [3.63, 3.8) is 0 Å². The Labute approximate surface area is 128 Å². The van der Waals surface area contributed by atoms with Crippen molar-refractivity contribution in [2.45, 2.75) is 38.6 Å². The van der Waals surface area contributed by atoms with E-state index in [2.05, 4.69) is 26.6 Å². The van der Waals surface area contributed by atoms with Crippen molar-refractivity contribution in [3.05, 3.63) is 29.8 Å². The third-order valence-corrected chi connectivity index (χ3v) is 4.14. The fourth-order valence-corrected chi connectivity index (χ4v) is 1.68. The van der Waals surface area contributed by atoms with E-state index in [-0.39, 0.29) is 28.6 Å². The first-order valence-electron chi connectivity index (χ1n) is 6.67. The number of alkyl halides is 1. The van der Waals surface area contributed by atoms with E-state index in [1.165, 1.54) is 0 Å². The molecule has 0 aliphatic rings. The van der Waals surface area contributed by atoms with Crippen LogP contribution >= 0.6 is 15.9 Å². The summed E-state index contributed by atoms with van der Waals surface area (Å²) >= 11 is 3.35. The molecule has 0 saturated carbocycles. The van der Waals surface area contributed by atoms with Gasteiger partial charge in [0.25, 0.3) is 5.91 Å². The molecule has 2 N–H and O–H groups in total. The van der Waals surface area contributed by atoms with Gasteiger partial charge in [0.15, 0.2) is 0 Å². The number of carbonyl (C=O) groups excluding carboxylic acids is 2. The predicted octanol–water partition coefficient (Wildman–Crippen LogP) is 3.18. The number of hydrogen-bond acceptors (Lipinski definition) is 2. The minimum absolute atomic E-state index is 0.0839. The van der Waals surface area contributed by atoms with Gasteiger partial charge in [-0.2, -0.15) is 0 Å². The minimum atomic E-state index is -0.230. The number of carbonyl (C=O) groups is 2. The third-order valence-electron chi connectivity index (χ3n) is 2.67. The molecule has 1 aromatic carbocycles. The van der Waals surface area contributed by atoms with E-state index in [0.29, 0.717) is 11.3 Å².